The average Bonchev–Trinajstić information content (AvgIpc) is 2.88. The standard InChI is InChI=1S/C27H29BrCl2F3N3O2/c1-16(37)35-8-5-21(6-9-35)36-10-7-25(22(15-36)17-3-4-23(29)24(30)13-17)34(2)26(38)18-11-19(27(31,32)33)14-20(28)12-18/h3-4,11-14,21-22,25H,5-10,15H2,1-2H3/t22-,25+/m0/s1. The normalized spacial score (nSPS) is 21.4. The van der Waals surface area contributed by atoms with Gasteiger partial charge in [-0.05, 0) is 55.2 Å². The summed E-state index contributed by atoms with van der Waals surface area (Å²) in [5, 5.41) is 0.833. The first-order valence-corrected chi connectivity index (χ1v) is 14.0. The predicted octanol–water partition coefficient (Wildman–Crippen LogP) is 6.72. The maximum atomic E-state index is 13.5. The van der Waals surface area contributed by atoms with E-state index >= 15 is 0 Å². The predicted molar refractivity (Wildman–Crippen MR) is 146 cm³/mol. The first-order valence-electron chi connectivity index (χ1n) is 12.4. The highest BCUT2D eigenvalue weighted by Crippen LogP contribution is 2.37. The number of benzene rings is 2. The average molecular weight is 635 g/mol. The molecule has 0 spiro atoms. The van der Waals surface area contributed by atoms with Crippen LogP contribution in [-0.4, -0.2) is 71.8 Å². The Morgan fingerprint density at radius 2 is 1.68 bits per heavy atom. The Bertz CT molecular complexity index is 1200. The molecule has 2 saturated heterocycles. The molecule has 0 saturated carbocycles. The zero-order valence-corrected chi connectivity index (χ0v) is 24.2. The van der Waals surface area contributed by atoms with Gasteiger partial charge in [-0.15, -0.1) is 0 Å². The molecule has 0 bridgehead atoms. The summed E-state index contributed by atoms with van der Waals surface area (Å²) in [6.07, 6.45) is -2.19. The van der Waals surface area contributed by atoms with Crippen LogP contribution in [0.1, 0.15) is 53.6 Å². The highest BCUT2D eigenvalue weighted by molar-refractivity contribution is 9.10. The van der Waals surface area contributed by atoms with Crippen molar-refractivity contribution in [2.45, 2.75) is 50.4 Å². The summed E-state index contributed by atoms with van der Waals surface area (Å²) >= 11 is 15.6. The second-order valence-corrected chi connectivity index (χ2v) is 11.7. The van der Waals surface area contributed by atoms with Crippen LogP contribution in [0, 0.1) is 0 Å². The van der Waals surface area contributed by atoms with Gasteiger partial charge in [0.05, 0.1) is 15.6 Å². The molecular formula is C27H29BrCl2F3N3O2. The molecular weight excluding hydrogens is 606 g/mol. The molecule has 2 aliphatic heterocycles. The number of hydrogen-bond donors (Lipinski definition) is 0. The second kappa shape index (κ2) is 11.7. The molecule has 0 unspecified atom stereocenters. The Balaban J connectivity index is 1.60. The third kappa shape index (κ3) is 6.49. The van der Waals surface area contributed by atoms with Crippen LogP contribution in [0.25, 0.3) is 0 Å². The van der Waals surface area contributed by atoms with Gasteiger partial charge >= 0.3 is 6.18 Å². The molecule has 0 radical (unpaired) electrons. The summed E-state index contributed by atoms with van der Waals surface area (Å²) < 4.78 is 40.4. The number of amides is 2. The fourth-order valence-corrected chi connectivity index (χ4v) is 6.41. The summed E-state index contributed by atoms with van der Waals surface area (Å²) in [4.78, 5) is 31.1. The van der Waals surface area contributed by atoms with Crippen LogP contribution in [0.2, 0.25) is 10.0 Å². The van der Waals surface area contributed by atoms with E-state index in [0.717, 1.165) is 37.1 Å². The fourth-order valence-electron chi connectivity index (χ4n) is 5.61. The lowest BCUT2D eigenvalue weighted by Crippen LogP contribution is -2.55. The van der Waals surface area contributed by atoms with Gasteiger partial charge in [-0.25, -0.2) is 0 Å². The molecule has 2 amide bonds. The molecule has 2 fully saturated rings. The van der Waals surface area contributed by atoms with Crippen molar-refractivity contribution in [1.82, 2.24) is 14.7 Å². The van der Waals surface area contributed by atoms with Crippen molar-refractivity contribution in [3.8, 4) is 0 Å². The number of alkyl halides is 3. The number of likely N-dealkylation sites (N-methyl/N-ethyl adjacent to an activating group) is 1. The van der Waals surface area contributed by atoms with Crippen LogP contribution in [0.5, 0.6) is 0 Å². The molecule has 2 aromatic rings. The second-order valence-electron chi connectivity index (χ2n) is 10.0. The molecule has 2 aliphatic rings. The summed E-state index contributed by atoms with van der Waals surface area (Å²) in [5.41, 5.74) is 0.0117. The van der Waals surface area contributed by atoms with E-state index in [2.05, 4.69) is 20.8 Å². The van der Waals surface area contributed by atoms with Gasteiger partial charge in [0.2, 0.25) is 5.91 Å². The molecule has 11 heteroatoms. The van der Waals surface area contributed by atoms with Gasteiger partial charge in [0.1, 0.15) is 0 Å². The first kappa shape index (κ1) is 29.2. The number of carbonyl (C=O) groups is 2. The Hall–Kier alpha value is -1.81. The number of piperidine rings is 2. The SMILES string of the molecule is CC(=O)N1CCC(N2CC[C@@H](N(C)C(=O)c3cc(Br)cc(C(F)(F)F)c3)[C@H](c3ccc(Cl)c(Cl)c3)C2)CC1. The van der Waals surface area contributed by atoms with Gasteiger partial charge < -0.3 is 9.80 Å². The van der Waals surface area contributed by atoms with Crippen molar-refractivity contribution in [3.05, 3.63) is 67.6 Å². The van der Waals surface area contributed by atoms with Gasteiger partial charge in [-0.2, -0.15) is 13.2 Å². The van der Waals surface area contributed by atoms with Crippen LogP contribution in [0.3, 0.4) is 0 Å². The topological polar surface area (TPSA) is 43.9 Å². The monoisotopic (exact) mass is 633 g/mol. The molecule has 206 valence electrons. The van der Waals surface area contributed by atoms with Crippen LogP contribution in [0.15, 0.2) is 40.9 Å². The molecule has 2 atom stereocenters. The minimum absolute atomic E-state index is 0.0267. The third-order valence-electron chi connectivity index (χ3n) is 7.70. The van der Waals surface area contributed by atoms with Gasteiger partial charge in [0, 0.05) is 68.2 Å². The summed E-state index contributed by atoms with van der Waals surface area (Å²) in [6, 6.07) is 8.75. The Morgan fingerprint density at radius 3 is 2.29 bits per heavy atom. The quantitative estimate of drug-likeness (QED) is 0.375. The molecule has 0 N–H and O–H groups in total. The summed E-state index contributed by atoms with van der Waals surface area (Å²) in [7, 11) is 1.65. The van der Waals surface area contributed by atoms with E-state index in [1.165, 1.54) is 6.07 Å². The van der Waals surface area contributed by atoms with E-state index < -0.39 is 17.6 Å². The highest BCUT2D eigenvalue weighted by atomic mass is 79.9. The summed E-state index contributed by atoms with van der Waals surface area (Å²) in [6.45, 7) is 4.39. The van der Waals surface area contributed by atoms with E-state index in [9.17, 15) is 22.8 Å². The van der Waals surface area contributed by atoms with Crippen molar-refractivity contribution in [2.75, 3.05) is 33.2 Å². The Morgan fingerprint density at radius 1 is 1.00 bits per heavy atom. The number of halogens is 6. The number of carbonyl (C=O) groups excluding carboxylic acids is 2. The fraction of sp³-hybridized carbons (Fsp3) is 0.481. The zero-order chi connectivity index (χ0) is 27.8. The number of rotatable bonds is 4. The van der Waals surface area contributed by atoms with E-state index in [1.54, 1.807) is 24.9 Å². The van der Waals surface area contributed by atoms with Crippen LogP contribution < -0.4 is 0 Å². The maximum absolute atomic E-state index is 13.5. The first-order chi connectivity index (χ1) is 17.8. The molecule has 2 aromatic carbocycles. The van der Waals surface area contributed by atoms with Gasteiger partial charge in [-0.3, -0.25) is 14.5 Å². The van der Waals surface area contributed by atoms with Crippen LogP contribution in [-0.2, 0) is 11.0 Å². The van der Waals surface area contributed by atoms with Crippen molar-refractivity contribution in [3.63, 3.8) is 0 Å². The van der Waals surface area contributed by atoms with E-state index in [0.29, 0.717) is 42.1 Å². The zero-order valence-electron chi connectivity index (χ0n) is 21.1. The Kier molecular flexibility index (Phi) is 9.02. The van der Waals surface area contributed by atoms with E-state index in [4.69, 9.17) is 23.2 Å². The molecule has 5 nitrogen and oxygen atoms in total. The van der Waals surface area contributed by atoms with Crippen LogP contribution in [0.4, 0.5) is 13.2 Å². The lowest BCUT2D eigenvalue weighted by molar-refractivity contribution is -0.137. The molecule has 2 heterocycles. The molecule has 38 heavy (non-hydrogen) atoms. The van der Waals surface area contributed by atoms with Crippen molar-refractivity contribution in [2.24, 2.45) is 0 Å². The van der Waals surface area contributed by atoms with Gasteiger partial charge in [0.25, 0.3) is 5.91 Å². The molecule has 0 aromatic heterocycles. The number of hydrogen-bond acceptors (Lipinski definition) is 3. The number of nitrogens with zero attached hydrogens (tertiary/aromatic N) is 3. The largest absolute Gasteiger partial charge is 0.416 e. The molecule has 4 rings (SSSR count). The van der Waals surface area contributed by atoms with Crippen molar-refractivity contribution in [1.29, 1.82) is 0 Å². The third-order valence-corrected chi connectivity index (χ3v) is 8.89. The summed E-state index contributed by atoms with van der Waals surface area (Å²) in [5.74, 6) is -0.528. The van der Waals surface area contributed by atoms with Gasteiger partial charge in [-0.1, -0.05) is 45.2 Å². The Labute approximate surface area is 239 Å². The molecule has 0 aliphatic carbocycles. The smallest absolute Gasteiger partial charge is 0.343 e. The lowest BCUT2D eigenvalue weighted by atomic mass is 9.83. The lowest BCUT2D eigenvalue weighted by Gasteiger charge is -2.47. The minimum Gasteiger partial charge on any atom is -0.343 e. The van der Waals surface area contributed by atoms with Crippen molar-refractivity contribution >= 4 is 50.9 Å². The van der Waals surface area contributed by atoms with Gasteiger partial charge in [0.15, 0.2) is 0 Å². The minimum atomic E-state index is -4.57. The number of likely N-dealkylation sites (tertiary alicyclic amines) is 2. The van der Waals surface area contributed by atoms with Crippen molar-refractivity contribution < 1.29 is 22.8 Å². The highest BCUT2D eigenvalue weighted by Gasteiger charge is 2.39. The van der Waals surface area contributed by atoms with Crippen LogP contribution >= 0.6 is 39.1 Å². The maximum Gasteiger partial charge on any atom is 0.416 e. The van der Waals surface area contributed by atoms with E-state index in [-0.39, 0.29) is 27.9 Å². The van der Waals surface area contributed by atoms with E-state index in [1.807, 2.05) is 17.0 Å².